The van der Waals surface area contributed by atoms with E-state index in [0.29, 0.717) is 6.54 Å². The van der Waals surface area contributed by atoms with Gasteiger partial charge in [-0.15, -0.1) is 0 Å². The van der Waals surface area contributed by atoms with Gasteiger partial charge < -0.3 is 10.2 Å². The molecule has 4 aromatic rings. The largest absolute Gasteiger partial charge is 0.356 e. The van der Waals surface area contributed by atoms with E-state index < -0.39 is 0 Å². The van der Waals surface area contributed by atoms with Gasteiger partial charge in [0.05, 0.1) is 5.69 Å². The van der Waals surface area contributed by atoms with E-state index in [9.17, 15) is 4.79 Å². The van der Waals surface area contributed by atoms with E-state index in [2.05, 4.69) is 33.4 Å². The Bertz CT molecular complexity index is 1230. The third-order valence-electron chi connectivity index (χ3n) is 6.23. The Hall–Kier alpha value is -3.38. The van der Waals surface area contributed by atoms with Crippen molar-refractivity contribution in [2.45, 2.75) is 19.3 Å². The average molecular weight is 460 g/mol. The Kier molecular flexibility index (Phi) is 6.26. The number of anilines is 1. The second-order valence-corrected chi connectivity index (χ2v) is 8.84. The molecule has 0 radical (unpaired) electrons. The second-order valence-electron chi connectivity index (χ2n) is 8.41. The molecular weight excluding hydrogens is 434 g/mol. The standard InChI is InChI=1S/C26H26ClN5O/c27-22-8-6-19(7-9-22)10-13-29-26(33)21-11-15-31(16-12-21)25-24-18-23(20-4-2-1-3-5-20)30-32(24)17-14-28-25/h1-9,14,17-18,21H,10-13,15-16H2,(H,29,33). The number of benzene rings is 2. The van der Waals surface area contributed by atoms with Crippen molar-refractivity contribution in [3.05, 3.63) is 83.6 Å². The molecule has 1 aliphatic rings. The molecule has 1 N–H and O–H groups in total. The molecule has 7 heteroatoms. The van der Waals surface area contributed by atoms with Crippen molar-refractivity contribution >= 4 is 28.8 Å². The fraction of sp³-hybridized carbons (Fsp3) is 0.269. The lowest BCUT2D eigenvalue weighted by Gasteiger charge is -2.32. The van der Waals surface area contributed by atoms with Gasteiger partial charge in [-0.1, -0.05) is 54.1 Å². The number of hydrogen-bond donors (Lipinski definition) is 1. The topological polar surface area (TPSA) is 62.5 Å². The number of nitrogens with zero attached hydrogens (tertiary/aromatic N) is 4. The zero-order valence-electron chi connectivity index (χ0n) is 18.3. The average Bonchev–Trinajstić information content (AvgIpc) is 3.30. The van der Waals surface area contributed by atoms with Crippen molar-refractivity contribution < 1.29 is 4.79 Å². The van der Waals surface area contributed by atoms with E-state index in [1.165, 1.54) is 5.56 Å². The lowest BCUT2D eigenvalue weighted by Crippen LogP contribution is -2.41. The molecule has 33 heavy (non-hydrogen) atoms. The molecule has 0 unspecified atom stereocenters. The summed E-state index contributed by atoms with van der Waals surface area (Å²) in [5.41, 5.74) is 4.17. The molecule has 1 aliphatic heterocycles. The van der Waals surface area contributed by atoms with Crippen LogP contribution in [0.1, 0.15) is 18.4 Å². The molecule has 0 spiro atoms. The van der Waals surface area contributed by atoms with E-state index >= 15 is 0 Å². The van der Waals surface area contributed by atoms with E-state index in [0.717, 1.165) is 60.0 Å². The summed E-state index contributed by atoms with van der Waals surface area (Å²) in [5, 5.41) is 8.55. The van der Waals surface area contributed by atoms with Crippen LogP contribution in [0.15, 0.2) is 73.1 Å². The molecule has 168 valence electrons. The summed E-state index contributed by atoms with van der Waals surface area (Å²) in [6.45, 7) is 2.24. The Balaban J connectivity index is 1.19. The molecule has 2 aromatic carbocycles. The summed E-state index contributed by atoms with van der Waals surface area (Å²) in [7, 11) is 0. The Morgan fingerprint density at radius 2 is 1.82 bits per heavy atom. The number of nitrogens with one attached hydrogen (secondary N) is 1. The van der Waals surface area contributed by atoms with Crippen LogP contribution in [0.5, 0.6) is 0 Å². The lowest BCUT2D eigenvalue weighted by atomic mass is 9.95. The molecule has 6 nitrogen and oxygen atoms in total. The van der Waals surface area contributed by atoms with Gasteiger partial charge in [-0.25, -0.2) is 9.50 Å². The molecule has 0 atom stereocenters. The Labute approximate surface area is 198 Å². The van der Waals surface area contributed by atoms with Crippen LogP contribution in [0, 0.1) is 5.92 Å². The van der Waals surface area contributed by atoms with Gasteiger partial charge in [0.2, 0.25) is 5.91 Å². The normalized spacial score (nSPS) is 14.5. The van der Waals surface area contributed by atoms with Crippen LogP contribution < -0.4 is 10.2 Å². The van der Waals surface area contributed by atoms with Gasteiger partial charge in [-0.2, -0.15) is 5.10 Å². The van der Waals surface area contributed by atoms with Crippen LogP contribution in [0.3, 0.4) is 0 Å². The second kappa shape index (κ2) is 9.63. The van der Waals surface area contributed by atoms with Crippen LogP contribution >= 0.6 is 11.6 Å². The number of carbonyl (C=O) groups excluding carboxylic acids is 1. The first-order chi connectivity index (χ1) is 16.2. The summed E-state index contributed by atoms with van der Waals surface area (Å²) in [5.74, 6) is 1.11. The fourth-order valence-corrected chi connectivity index (χ4v) is 4.51. The number of halogens is 1. The molecule has 3 heterocycles. The Morgan fingerprint density at radius 1 is 1.06 bits per heavy atom. The third-order valence-corrected chi connectivity index (χ3v) is 6.48. The minimum atomic E-state index is 0.0380. The first-order valence-corrected chi connectivity index (χ1v) is 11.7. The lowest BCUT2D eigenvalue weighted by molar-refractivity contribution is -0.125. The highest BCUT2D eigenvalue weighted by atomic mass is 35.5. The third kappa shape index (κ3) is 4.86. The number of aromatic nitrogens is 3. The van der Waals surface area contributed by atoms with E-state index in [-0.39, 0.29) is 11.8 Å². The van der Waals surface area contributed by atoms with Crippen molar-refractivity contribution in [2.24, 2.45) is 5.92 Å². The summed E-state index contributed by atoms with van der Waals surface area (Å²) in [4.78, 5) is 19.6. The van der Waals surface area contributed by atoms with Gasteiger partial charge in [-0.3, -0.25) is 4.79 Å². The molecule has 2 aromatic heterocycles. The van der Waals surface area contributed by atoms with Crippen molar-refractivity contribution in [1.29, 1.82) is 0 Å². The van der Waals surface area contributed by atoms with Gasteiger partial charge in [0.1, 0.15) is 5.52 Å². The quantitative estimate of drug-likeness (QED) is 0.457. The van der Waals surface area contributed by atoms with Crippen LogP contribution in [0.4, 0.5) is 5.82 Å². The summed E-state index contributed by atoms with van der Waals surface area (Å²) >= 11 is 5.93. The molecule has 0 bridgehead atoms. The Morgan fingerprint density at radius 3 is 2.58 bits per heavy atom. The predicted molar refractivity (Wildman–Crippen MR) is 132 cm³/mol. The predicted octanol–water partition coefficient (Wildman–Crippen LogP) is 4.63. The maximum absolute atomic E-state index is 12.7. The highest BCUT2D eigenvalue weighted by molar-refractivity contribution is 6.30. The first kappa shape index (κ1) is 21.5. The van der Waals surface area contributed by atoms with Gasteiger partial charge >= 0.3 is 0 Å². The fourth-order valence-electron chi connectivity index (χ4n) is 4.38. The van der Waals surface area contributed by atoms with Crippen LogP contribution in [-0.2, 0) is 11.2 Å². The summed E-state index contributed by atoms with van der Waals surface area (Å²) in [6, 6.07) is 20.0. The molecule has 5 rings (SSSR count). The highest BCUT2D eigenvalue weighted by Gasteiger charge is 2.26. The zero-order valence-corrected chi connectivity index (χ0v) is 19.1. The first-order valence-electron chi connectivity index (χ1n) is 11.3. The number of amides is 1. The molecule has 0 aliphatic carbocycles. The number of fused-ring (bicyclic) bond motifs is 1. The maximum Gasteiger partial charge on any atom is 0.223 e. The zero-order chi connectivity index (χ0) is 22.6. The number of hydrogen-bond acceptors (Lipinski definition) is 4. The van der Waals surface area contributed by atoms with E-state index in [4.69, 9.17) is 16.7 Å². The molecule has 0 saturated carbocycles. The molecular formula is C26H26ClN5O. The highest BCUT2D eigenvalue weighted by Crippen LogP contribution is 2.28. The maximum atomic E-state index is 12.7. The van der Waals surface area contributed by atoms with Crippen molar-refractivity contribution in [3.63, 3.8) is 0 Å². The number of rotatable bonds is 6. The number of carbonyl (C=O) groups is 1. The number of piperidine rings is 1. The van der Waals surface area contributed by atoms with Crippen LogP contribution in [0.25, 0.3) is 16.8 Å². The van der Waals surface area contributed by atoms with Crippen molar-refractivity contribution in [2.75, 3.05) is 24.5 Å². The van der Waals surface area contributed by atoms with Gasteiger partial charge in [0, 0.05) is 48.5 Å². The minimum absolute atomic E-state index is 0.0380. The van der Waals surface area contributed by atoms with Gasteiger partial charge in [-0.05, 0) is 43.0 Å². The van der Waals surface area contributed by atoms with Crippen LogP contribution in [-0.4, -0.2) is 40.1 Å². The monoisotopic (exact) mass is 459 g/mol. The van der Waals surface area contributed by atoms with E-state index in [1.807, 2.05) is 53.2 Å². The minimum Gasteiger partial charge on any atom is -0.356 e. The summed E-state index contributed by atoms with van der Waals surface area (Å²) in [6.07, 6.45) is 6.11. The van der Waals surface area contributed by atoms with Gasteiger partial charge in [0.15, 0.2) is 5.82 Å². The van der Waals surface area contributed by atoms with Crippen molar-refractivity contribution in [3.8, 4) is 11.3 Å². The molecule has 1 saturated heterocycles. The van der Waals surface area contributed by atoms with E-state index in [1.54, 1.807) is 6.20 Å². The van der Waals surface area contributed by atoms with Crippen LogP contribution in [0.2, 0.25) is 5.02 Å². The van der Waals surface area contributed by atoms with Gasteiger partial charge in [0.25, 0.3) is 0 Å². The summed E-state index contributed by atoms with van der Waals surface area (Å²) < 4.78 is 1.89. The SMILES string of the molecule is O=C(NCCc1ccc(Cl)cc1)C1CCN(c2nccn3nc(-c4ccccc4)cc23)CC1. The van der Waals surface area contributed by atoms with Crippen molar-refractivity contribution in [1.82, 2.24) is 19.9 Å². The smallest absolute Gasteiger partial charge is 0.223 e. The molecule has 1 amide bonds. The molecule has 1 fully saturated rings.